The molecule has 2 rings (SSSR count). The van der Waals surface area contributed by atoms with Gasteiger partial charge in [-0.15, -0.1) is 0 Å². The van der Waals surface area contributed by atoms with Crippen LogP contribution in [0.3, 0.4) is 0 Å². The molecule has 0 aromatic heterocycles. The van der Waals surface area contributed by atoms with E-state index < -0.39 is 11.4 Å². The van der Waals surface area contributed by atoms with Crippen LogP contribution in [0.5, 0.6) is 5.75 Å². The van der Waals surface area contributed by atoms with Gasteiger partial charge in [-0.3, -0.25) is 9.59 Å². The van der Waals surface area contributed by atoms with Crippen LogP contribution in [0, 0.1) is 5.41 Å². The van der Waals surface area contributed by atoms with Gasteiger partial charge >= 0.3 is 5.97 Å². The lowest BCUT2D eigenvalue weighted by Crippen LogP contribution is -2.37. The van der Waals surface area contributed by atoms with E-state index in [1.54, 1.807) is 12.1 Å². The smallest absolute Gasteiger partial charge is 0.310 e. The molecular formula is C17H23NO4. The third kappa shape index (κ3) is 3.78. The summed E-state index contributed by atoms with van der Waals surface area (Å²) in [4.78, 5) is 23.9. The van der Waals surface area contributed by atoms with Gasteiger partial charge in [0.15, 0.2) is 0 Å². The number of amides is 1. The zero-order chi connectivity index (χ0) is 16.0. The zero-order valence-electron chi connectivity index (χ0n) is 12.9. The lowest BCUT2D eigenvalue weighted by Gasteiger charge is -2.32. The van der Waals surface area contributed by atoms with Crippen molar-refractivity contribution in [2.45, 2.75) is 45.4 Å². The third-order valence-corrected chi connectivity index (χ3v) is 4.22. The number of hydrogen-bond donors (Lipinski definition) is 2. The SMILES string of the molecule is CCOc1ccccc1NC(=O)CC1(C(=O)O)CCCCC1. The molecule has 1 fully saturated rings. The summed E-state index contributed by atoms with van der Waals surface area (Å²) >= 11 is 0. The molecular weight excluding hydrogens is 282 g/mol. The van der Waals surface area contributed by atoms with Gasteiger partial charge in [-0.1, -0.05) is 31.4 Å². The van der Waals surface area contributed by atoms with Gasteiger partial charge in [-0.2, -0.15) is 0 Å². The van der Waals surface area contributed by atoms with Gasteiger partial charge in [-0.25, -0.2) is 0 Å². The Kier molecular flexibility index (Phi) is 5.41. The molecule has 22 heavy (non-hydrogen) atoms. The molecule has 1 saturated carbocycles. The van der Waals surface area contributed by atoms with E-state index in [1.807, 2.05) is 19.1 Å². The molecule has 2 N–H and O–H groups in total. The molecule has 0 heterocycles. The van der Waals surface area contributed by atoms with Crippen LogP contribution in [0.15, 0.2) is 24.3 Å². The van der Waals surface area contributed by atoms with E-state index in [0.29, 0.717) is 30.9 Å². The first kappa shape index (κ1) is 16.3. The number of hydrogen-bond acceptors (Lipinski definition) is 3. The van der Waals surface area contributed by atoms with Crippen LogP contribution in [-0.2, 0) is 9.59 Å². The summed E-state index contributed by atoms with van der Waals surface area (Å²) in [5.74, 6) is -0.525. The molecule has 1 aliphatic rings. The maximum absolute atomic E-state index is 12.3. The summed E-state index contributed by atoms with van der Waals surface area (Å²) in [6, 6.07) is 7.19. The molecule has 5 heteroatoms. The van der Waals surface area contributed by atoms with Crippen LogP contribution in [0.25, 0.3) is 0 Å². The average Bonchev–Trinajstić information content (AvgIpc) is 2.50. The van der Waals surface area contributed by atoms with Crippen molar-refractivity contribution >= 4 is 17.6 Å². The third-order valence-electron chi connectivity index (χ3n) is 4.22. The highest BCUT2D eigenvalue weighted by atomic mass is 16.5. The van der Waals surface area contributed by atoms with Crippen molar-refractivity contribution in [3.05, 3.63) is 24.3 Å². The minimum Gasteiger partial charge on any atom is -0.492 e. The molecule has 0 radical (unpaired) electrons. The molecule has 0 atom stereocenters. The molecule has 0 spiro atoms. The summed E-state index contributed by atoms with van der Waals surface area (Å²) in [5, 5.41) is 12.3. The lowest BCUT2D eigenvalue weighted by atomic mass is 9.71. The summed E-state index contributed by atoms with van der Waals surface area (Å²) in [7, 11) is 0. The normalized spacial score (nSPS) is 16.8. The second-order valence-electron chi connectivity index (χ2n) is 5.80. The highest BCUT2D eigenvalue weighted by molar-refractivity contribution is 5.95. The van der Waals surface area contributed by atoms with Crippen molar-refractivity contribution in [1.29, 1.82) is 0 Å². The molecule has 0 saturated heterocycles. The first-order valence-electron chi connectivity index (χ1n) is 7.82. The second-order valence-corrected chi connectivity index (χ2v) is 5.80. The van der Waals surface area contributed by atoms with Gasteiger partial charge in [0.2, 0.25) is 5.91 Å². The Bertz CT molecular complexity index is 535. The number of carbonyl (C=O) groups is 2. The average molecular weight is 305 g/mol. The van der Waals surface area contributed by atoms with Crippen molar-refractivity contribution in [2.75, 3.05) is 11.9 Å². The number of rotatable bonds is 6. The first-order valence-corrected chi connectivity index (χ1v) is 7.82. The monoisotopic (exact) mass is 305 g/mol. The van der Waals surface area contributed by atoms with E-state index in [0.717, 1.165) is 19.3 Å². The van der Waals surface area contributed by atoms with Crippen LogP contribution in [0.1, 0.15) is 45.4 Å². The minimum absolute atomic E-state index is 0.0167. The quantitative estimate of drug-likeness (QED) is 0.844. The predicted octanol–water partition coefficient (Wildman–Crippen LogP) is 3.45. The Morgan fingerprint density at radius 1 is 1.23 bits per heavy atom. The Hall–Kier alpha value is -2.04. The number of carboxylic acids is 1. The van der Waals surface area contributed by atoms with E-state index in [2.05, 4.69) is 5.32 Å². The number of para-hydroxylation sites is 2. The number of aliphatic carboxylic acids is 1. The van der Waals surface area contributed by atoms with Crippen LogP contribution < -0.4 is 10.1 Å². The molecule has 120 valence electrons. The molecule has 0 unspecified atom stereocenters. The van der Waals surface area contributed by atoms with E-state index in [4.69, 9.17) is 4.74 Å². The second kappa shape index (κ2) is 7.29. The number of benzene rings is 1. The van der Waals surface area contributed by atoms with Crippen LogP contribution in [0.2, 0.25) is 0 Å². The summed E-state index contributed by atoms with van der Waals surface area (Å²) in [6.07, 6.45) is 3.95. The van der Waals surface area contributed by atoms with Crippen LogP contribution in [-0.4, -0.2) is 23.6 Å². The molecule has 1 aliphatic carbocycles. The standard InChI is InChI=1S/C17H23NO4/c1-2-22-14-9-5-4-8-13(14)18-15(19)12-17(16(20)21)10-6-3-7-11-17/h4-5,8-9H,2-3,6-7,10-12H2,1H3,(H,18,19)(H,20,21). The molecule has 1 amide bonds. The van der Waals surface area contributed by atoms with E-state index in [1.165, 1.54) is 0 Å². The topological polar surface area (TPSA) is 75.6 Å². The van der Waals surface area contributed by atoms with Gasteiger partial charge in [0.25, 0.3) is 0 Å². The van der Waals surface area contributed by atoms with Crippen molar-refractivity contribution in [2.24, 2.45) is 5.41 Å². The lowest BCUT2D eigenvalue weighted by molar-refractivity contribution is -0.153. The predicted molar refractivity (Wildman–Crippen MR) is 84.0 cm³/mol. The minimum atomic E-state index is -0.914. The summed E-state index contributed by atoms with van der Waals surface area (Å²) < 4.78 is 5.47. The zero-order valence-corrected chi connectivity index (χ0v) is 12.9. The van der Waals surface area contributed by atoms with Crippen molar-refractivity contribution in [3.8, 4) is 5.75 Å². The molecule has 0 aliphatic heterocycles. The molecule has 5 nitrogen and oxygen atoms in total. The van der Waals surface area contributed by atoms with Gasteiger partial charge in [-0.05, 0) is 31.9 Å². The van der Waals surface area contributed by atoms with E-state index >= 15 is 0 Å². The highest BCUT2D eigenvalue weighted by Gasteiger charge is 2.41. The fourth-order valence-electron chi connectivity index (χ4n) is 3.05. The maximum atomic E-state index is 12.3. The van der Waals surface area contributed by atoms with Gasteiger partial charge in [0.05, 0.1) is 17.7 Å². The fraction of sp³-hybridized carbons (Fsp3) is 0.529. The first-order chi connectivity index (χ1) is 10.6. The molecule has 0 bridgehead atoms. The largest absolute Gasteiger partial charge is 0.492 e. The Labute approximate surface area is 130 Å². The summed E-state index contributed by atoms with van der Waals surface area (Å²) in [6.45, 7) is 2.38. The van der Waals surface area contributed by atoms with Crippen LogP contribution in [0.4, 0.5) is 5.69 Å². The number of carboxylic acid groups (broad SMARTS) is 1. The van der Waals surface area contributed by atoms with E-state index in [-0.39, 0.29) is 12.3 Å². The van der Waals surface area contributed by atoms with Gasteiger partial charge in [0, 0.05) is 6.42 Å². The van der Waals surface area contributed by atoms with E-state index in [9.17, 15) is 14.7 Å². The Balaban J connectivity index is 2.07. The maximum Gasteiger partial charge on any atom is 0.310 e. The summed E-state index contributed by atoms with van der Waals surface area (Å²) in [5.41, 5.74) is -0.325. The number of anilines is 1. The highest BCUT2D eigenvalue weighted by Crippen LogP contribution is 2.40. The molecule has 1 aromatic carbocycles. The number of nitrogens with one attached hydrogen (secondary N) is 1. The fourth-order valence-corrected chi connectivity index (χ4v) is 3.05. The van der Waals surface area contributed by atoms with Crippen molar-refractivity contribution in [1.82, 2.24) is 0 Å². The molecule has 1 aromatic rings. The van der Waals surface area contributed by atoms with Crippen molar-refractivity contribution in [3.63, 3.8) is 0 Å². The Morgan fingerprint density at radius 2 is 1.91 bits per heavy atom. The van der Waals surface area contributed by atoms with Gasteiger partial charge in [0.1, 0.15) is 5.75 Å². The van der Waals surface area contributed by atoms with Crippen molar-refractivity contribution < 1.29 is 19.4 Å². The van der Waals surface area contributed by atoms with Crippen LogP contribution >= 0.6 is 0 Å². The number of carbonyl (C=O) groups excluding carboxylic acids is 1. The van der Waals surface area contributed by atoms with Gasteiger partial charge < -0.3 is 15.2 Å². The Morgan fingerprint density at radius 3 is 2.55 bits per heavy atom. The number of ether oxygens (including phenoxy) is 1.